The van der Waals surface area contributed by atoms with Crippen molar-refractivity contribution in [3.8, 4) is 11.5 Å². The molecule has 0 heterocycles. The minimum Gasteiger partial charge on any atom is -0.457 e. The van der Waals surface area contributed by atoms with E-state index in [9.17, 15) is 4.79 Å². The Hall–Kier alpha value is -2.63. The van der Waals surface area contributed by atoms with Crippen molar-refractivity contribution in [2.75, 3.05) is 12.3 Å². The number of ether oxygens (including phenoxy) is 1. The van der Waals surface area contributed by atoms with Crippen molar-refractivity contribution in [3.05, 3.63) is 83.9 Å². The molecule has 0 spiro atoms. The van der Waals surface area contributed by atoms with Crippen LogP contribution in [-0.4, -0.2) is 18.1 Å². The lowest BCUT2D eigenvalue weighted by Gasteiger charge is -2.04. The molecule has 6 heteroatoms. The van der Waals surface area contributed by atoms with Crippen molar-refractivity contribution < 1.29 is 9.53 Å². The van der Waals surface area contributed by atoms with E-state index in [4.69, 9.17) is 16.3 Å². The van der Waals surface area contributed by atoms with Gasteiger partial charge in [-0.05, 0) is 60.7 Å². The summed E-state index contributed by atoms with van der Waals surface area (Å²) in [7, 11) is 0. The lowest BCUT2D eigenvalue weighted by atomic mass is 10.3. The summed E-state index contributed by atoms with van der Waals surface area (Å²) >= 11 is 7.30. The van der Waals surface area contributed by atoms with Crippen molar-refractivity contribution in [1.29, 1.82) is 0 Å². The summed E-state index contributed by atoms with van der Waals surface area (Å²) in [6.45, 7) is 0.0584. The predicted octanol–water partition coefficient (Wildman–Crippen LogP) is 6.58. The maximum absolute atomic E-state index is 11.9. The molecule has 0 amide bonds. The first kappa shape index (κ1) is 19.1. The standard InChI is InChI=1S/C21H17ClN2O2S/c22-16-6-12-21(13-7-16)27-15-18(25)14-23-24-17-8-10-20(11-9-17)26-19-4-2-1-3-5-19/h1-13H,14-15H2. The van der Waals surface area contributed by atoms with Gasteiger partial charge >= 0.3 is 0 Å². The first-order valence-corrected chi connectivity index (χ1v) is 9.66. The number of hydrogen-bond acceptors (Lipinski definition) is 5. The van der Waals surface area contributed by atoms with Crippen LogP contribution in [0.2, 0.25) is 5.02 Å². The predicted molar refractivity (Wildman–Crippen MR) is 110 cm³/mol. The monoisotopic (exact) mass is 396 g/mol. The molecular formula is C21H17ClN2O2S. The van der Waals surface area contributed by atoms with Gasteiger partial charge in [0.05, 0.1) is 11.4 Å². The van der Waals surface area contributed by atoms with Gasteiger partial charge in [-0.2, -0.15) is 10.2 Å². The highest BCUT2D eigenvalue weighted by atomic mass is 35.5. The van der Waals surface area contributed by atoms with Crippen molar-refractivity contribution in [1.82, 2.24) is 0 Å². The average Bonchev–Trinajstić information content (AvgIpc) is 2.70. The number of carbonyl (C=O) groups excluding carboxylic acids is 1. The van der Waals surface area contributed by atoms with E-state index in [1.165, 1.54) is 11.8 Å². The Morgan fingerprint density at radius 1 is 0.889 bits per heavy atom. The van der Waals surface area contributed by atoms with Gasteiger partial charge in [0.2, 0.25) is 0 Å². The lowest BCUT2D eigenvalue weighted by molar-refractivity contribution is -0.115. The van der Waals surface area contributed by atoms with E-state index in [1.807, 2.05) is 54.6 Å². The van der Waals surface area contributed by atoms with E-state index in [2.05, 4.69) is 10.2 Å². The van der Waals surface area contributed by atoms with Gasteiger partial charge < -0.3 is 4.74 Å². The van der Waals surface area contributed by atoms with E-state index in [-0.39, 0.29) is 12.3 Å². The Labute approximate surface area is 167 Å². The van der Waals surface area contributed by atoms with Gasteiger partial charge in [0, 0.05) is 9.92 Å². The lowest BCUT2D eigenvalue weighted by Crippen LogP contribution is -2.04. The topological polar surface area (TPSA) is 51.0 Å². The average molecular weight is 397 g/mol. The molecule has 0 aliphatic heterocycles. The van der Waals surface area contributed by atoms with Crippen LogP contribution in [0.5, 0.6) is 11.5 Å². The molecule has 0 fully saturated rings. The number of thioether (sulfide) groups is 1. The van der Waals surface area contributed by atoms with Crippen molar-refractivity contribution in [2.45, 2.75) is 4.90 Å². The van der Waals surface area contributed by atoms with E-state index < -0.39 is 0 Å². The van der Waals surface area contributed by atoms with Crippen LogP contribution in [0.4, 0.5) is 5.69 Å². The van der Waals surface area contributed by atoms with E-state index >= 15 is 0 Å². The maximum atomic E-state index is 11.9. The highest BCUT2D eigenvalue weighted by Gasteiger charge is 2.03. The number of hydrogen-bond donors (Lipinski definition) is 0. The molecular weight excluding hydrogens is 380 g/mol. The highest BCUT2D eigenvalue weighted by Crippen LogP contribution is 2.24. The molecule has 0 N–H and O–H groups in total. The van der Waals surface area contributed by atoms with Gasteiger partial charge in [0.1, 0.15) is 18.0 Å². The highest BCUT2D eigenvalue weighted by molar-refractivity contribution is 8.00. The number of azo groups is 1. The van der Waals surface area contributed by atoms with Crippen LogP contribution in [0.1, 0.15) is 0 Å². The quantitative estimate of drug-likeness (QED) is 0.319. The molecule has 0 saturated heterocycles. The van der Waals surface area contributed by atoms with Gasteiger partial charge in [0.25, 0.3) is 0 Å². The Kier molecular flexibility index (Phi) is 7.02. The SMILES string of the molecule is O=C(CN=Nc1ccc(Oc2ccccc2)cc1)CSc1ccc(Cl)cc1. The van der Waals surface area contributed by atoms with Crippen LogP contribution in [0, 0.1) is 0 Å². The van der Waals surface area contributed by atoms with Crippen molar-refractivity contribution in [3.63, 3.8) is 0 Å². The number of rotatable bonds is 8. The molecule has 0 atom stereocenters. The van der Waals surface area contributed by atoms with Crippen LogP contribution in [0.25, 0.3) is 0 Å². The second-order valence-corrected chi connectivity index (χ2v) is 7.08. The molecule has 4 nitrogen and oxygen atoms in total. The molecule has 3 aromatic rings. The van der Waals surface area contributed by atoms with Gasteiger partial charge in [0.15, 0.2) is 5.78 Å². The van der Waals surface area contributed by atoms with Crippen molar-refractivity contribution in [2.24, 2.45) is 10.2 Å². The van der Waals surface area contributed by atoms with Crippen LogP contribution >= 0.6 is 23.4 Å². The number of benzene rings is 3. The summed E-state index contributed by atoms with van der Waals surface area (Å²) in [4.78, 5) is 12.9. The smallest absolute Gasteiger partial charge is 0.166 e. The molecule has 0 aliphatic rings. The fourth-order valence-corrected chi connectivity index (χ4v) is 3.02. The molecule has 0 aliphatic carbocycles. The summed E-state index contributed by atoms with van der Waals surface area (Å²) in [6.07, 6.45) is 0. The zero-order valence-corrected chi connectivity index (χ0v) is 16.0. The van der Waals surface area contributed by atoms with Gasteiger partial charge in [-0.3, -0.25) is 4.79 Å². The van der Waals surface area contributed by atoms with Crippen LogP contribution in [-0.2, 0) is 4.79 Å². The summed E-state index contributed by atoms with van der Waals surface area (Å²) in [5, 5.41) is 8.74. The molecule has 27 heavy (non-hydrogen) atoms. The summed E-state index contributed by atoms with van der Waals surface area (Å²) < 4.78 is 5.72. The first-order valence-electron chi connectivity index (χ1n) is 8.29. The van der Waals surface area contributed by atoms with Crippen LogP contribution in [0.3, 0.4) is 0 Å². The Morgan fingerprint density at radius 2 is 1.56 bits per heavy atom. The van der Waals surface area contributed by atoms with Gasteiger partial charge in [-0.1, -0.05) is 29.8 Å². The summed E-state index contributed by atoms with van der Waals surface area (Å²) in [6, 6.07) is 24.2. The van der Waals surface area contributed by atoms with Crippen LogP contribution in [0.15, 0.2) is 94.0 Å². The number of Topliss-reactive ketones (excluding diaryl/α,β-unsaturated/α-hetero) is 1. The largest absolute Gasteiger partial charge is 0.457 e. The zero-order chi connectivity index (χ0) is 18.9. The number of carbonyl (C=O) groups is 1. The normalized spacial score (nSPS) is 10.9. The third-order valence-electron chi connectivity index (χ3n) is 3.46. The first-order chi connectivity index (χ1) is 13.2. The molecule has 0 radical (unpaired) electrons. The maximum Gasteiger partial charge on any atom is 0.166 e. The zero-order valence-electron chi connectivity index (χ0n) is 14.4. The second-order valence-electron chi connectivity index (χ2n) is 5.59. The summed E-state index contributed by atoms with van der Waals surface area (Å²) in [5.41, 5.74) is 0.675. The number of ketones is 1. The van der Waals surface area contributed by atoms with E-state index in [0.717, 1.165) is 16.4 Å². The molecule has 3 rings (SSSR count). The molecule has 136 valence electrons. The van der Waals surface area contributed by atoms with Gasteiger partial charge in [-0.25, -0.2) is 0 Å². The van der Waals surface area contributed by atoms with E-state index in [1.54, 1.807) is 24.3 Å². The Balaban J connectivity index is 1.44. The summed E-state index contributed by atoms with van der Waals surface area (Å²) in [5.74, 6) is 1.86. The van der Waals surface area contributed by atoms with E-state index in [0.29, 0.717) is 16.5 Å². The molecule has 0 saturated carbocycles. The fourth-order valence-electron chi connectivity index (χ4n) is 2.14. The molecule has 0 unspecified atom stereocenters. The van der Waals surface area contributed by atoms with Gasteiger partial charge in [-0.15, -0.1) is 11.8 Å². The Bertz CT molecular complexity index is 898. The minimum absolute atomic E-state index is 0.0164. The minimum atomic E-state index is 0.0164. The second kappa shape index (κ2) is 9.90. The number of nitrogens with zero attached hydrogens (tertiary/aromatic N) is 2. The third-order valence-corrected chi connectivity index (χ3v) is 4.79. The molecule has 0 aromatic heterocycles. The number of halogens is 1. The molecule has 0 bridgehead atoms. The van der Waals surface area contributed by atoms with Crippen LogP contribution < -0.4 is 4.74 Å². The molecule has 3 aromatic carbocycles. The van der Waals surface area contributed by atoms with Crippen molar-refractivity contribution >= 4 is 34.8 Å². The third kappa shape index (κ3) is 6.55. The number of para-hydroxylation sites is 1. The Morgan fingerprint density at radius 3 is 2.26 bits per heavy atom. The fraction of sp³-hybridized carbons (Fsp3) is 0.0952.